The van der Waals surface area contributed by atoms with Crippen LogP contribution in [-0.2, 0) is 0 Å². The van der Waals surface area contributed by atoms with Gasteiger partial charge in [0.15, 0.2) is 0 Å². The van der Waals surface area contributed by atoms with Gasteiger partial charge in [0, 0.05) is 13.1 Å². The Kier molecular flexibility index (Phi) is 6.43. The van der Waals surface area contributed by atoms with Crippen LogP contribution in [-0.4, -0.2) is 44.3 Å². The van der Waals surface area contributed by atoms with E-state index in [9.17, 15) is 13.2 Å². The predicted molar refractivity (Wildman–Crippen MR) is 67.5 cm³/mol. The molecule has 1 aliphatic rings. The topological polar surface area (TPSA) is 15.3 Å². The van der Waals surface area contributed by atoms with Crippen molar-refractivity contribution < 1.29 is 13.2 Å². The average Bonchev–Trinajstić information content (AvgIpc) is 2.33. The lowest BCUT2D eigenvalue weighted by Crippen LogP contribution is -2.35. The molecule has 1 saturated carbocycles. The number of hydrogen-bond acceptors (Lipinski definition) is 2. The lowest BCUT2D eigenvalue weighted by Gasteiger charge is -2.30. The molecular formula is C13H25F3N2. The van der Waals surface area contributed by atoms with Gasteiger partial charge in [-0.3, -0.25) is 0 Å². The Bertz CT molecular complexity index is 231. The van der Waals surface area contributed by atoms with Crippen molar-refractivity contribution in [3.05, 3.63) is 0 Å². The molecule has 0 aromatic rings. The molecule has 1 N–H and O–H groups in total. The van der Waals surface area contributed by atoms with Crippen LogP contribution in [0, 0.1) is 11.8 Å². The number of alkyl halides is 3. The molecule has 0 heterocycles. The minimum Gasteiger partial charge on any atom is -0.315 e. The van der Waals surface area contributed by atoms with Crippen LogP contribution in [0.25, 0.3) is 0 Å². The van der Waals surface area contributed by atoms with Gasteiger partial charge in [0.2, 0.25) is 0 Å². The first kappa shape index (κ1) is 15.8. The van der Waals surface area contributed by atoms with E-state index in [0.29, 0.717) is 19.3 Å². The third-order valence-electron chi connectivity index (χ3n) is 3.89. The van der Waals surface area contributed by atoms with Crippen LogP contribution in [0.5, 0.6) is 0 Å². The number of rotatable bonds is 6. The molecule has 0 spiro atoms. The van der Waals surface area contributed by atoms with E-state index in [1.165, 1.54) is 0 Å². The first-order valence-corrected chi connectivity index (χ1v) is 6.89. The minimum absolute atomic E-state index is 0.192. The maximum Gasteiger partial charge on any atom is 0.391 e. The zero-order chi connectivity index (χ0) is 13.6. The van der Waals surface area contributed by atoms with E-state index < -0.39 is 12.1 Å². The minimum atomic E-state index is -4.00. The molecule has 0 saturated heterocycles. The van der Waals surface area contributed by atoms with Gasteiger partial charge in [0.1, 0.15) is 0 Å². The number of hydrogen-bond donors (Lipinski definition) is 1. The highest BCUT2D eigenvalue weighted by Gasteiger charge is 2.41. The van der Waals surface area contributed by atoms with Crippen LogP contribution < -0.4 is 5.32 Å². The fourth-order valence-electron chi connectivity index (χ4n) is 2.51. The Labute approximate surface area is 108 Å². The lowest BCUT2D eigenvalue weighted by atomic mass is 9.81. The third-order valence-corrected chi connectivity index (χ3v) is 3.89. The molecule has 18 heavy (non-hydrogen) atoms. The van der Waals surface area contributed by atoms with Crippen LogP contribution in [0.15, 0.2) is 0 Å². The summed E-state index contributed by atoms with van der Waals surface area (Å²) in [4.78, 5) is 2.19. The van der Waals surface area contributed by atoms with Crippen LogP contribution in [0.4, 0.5) is 13.2 Å². The highest BCUT2D eigenvalue weighted by molar-refractivity contribution is 4.79. The maximum absolute atomic E-state index is 12.6. The molecule has 0 radical (unpaired) electrons. The molecule has 0 aromatic carbocycles. The molecule has 0 aliphatic heterocycles. The molecule has 5 heteroatoms. The number of nitrogens with zero attached hydrogens (tertiary/aromatic N) is 1. The summed E-state index contributed by atoms with van der Waals surface area (Å²) >= 11 is 0. The van der Waals surface area contributed by atoms with Gasteiger partial charge in [0.25, 0.3) is 0 Å². The van der Waals surface area contributed by atoms with Gasteiger partial charge in [-0.05, 0) is 45.3 Å². The smallest absolute Gasteiger partial charge is 0.315 e. The van der Waals surface area contributed by atoms with Crippen molar-refractivity contribution in [2.75, 3.05) is 33.2 Å². The molecule has 2 nitrogen and oxygen atoms in total. The van der Waals surface area contributed by atoms with E-state index in [2.05, 4.69) is 17.1 Å². The van der Waals surface area contributed by atoms with E-state index in [1.807, 2.05) is 7.05 Å². The van der Waals surface area contributed by atoms with Crippen LogP contribution in [0.3, 0.4) is 0 Å². The fraction of sp³-hybridized carbons (Fsp3) is 1.00. The largest absolute Gasteiger partial charge is 0.391 e. The van der Waals surface area contributed by atoms with Crippen molar-refractivity contribution in [3.8, 4) is 0 Å². The van der Waals surface area contributed by atoms with Crippen LogP contribution in [0.1, 0.15) is 32.6 Å². The standard InChI is InChI=1S/C13H25F3N2/c1-3-18(2)8-7-17-10-11-5-4-6-12(9-11)13(14,15)16/h11-12,17H,3-10H2,1-2H3. The van der Waals surface area contributed by atoms with Crippen molar-refractivity contribution in [1.29, 1.82) is 0 Å². The van der Waals surface area contributed by atoms with E-state index >= 15 is 0 Å². The molecule has 108 valence electrons. The summed E-state index contributed by atoms with van der Waals surface area (Å²) in [5.41, 5.74) is 0. The fourth-order valence-corrected chi connectivity index (χ4v) is 2.51. The summed E-state index contributed by atoms with van der Waals surface area (Å²) in [6.07, 6.45) is -1.73. The molecule has 0 aromatic heterocycles. The lowest BCUT2D eigenvalue weighted by molar-refractivity contribution is -0.185. The summed E-state index contributed by atoms with van der Waals surface area (Å²) in [7, 11) is 2.04. The monoisotopic (exact) mass is 266 g/mol. The second-order valence-corrected chi connectivity index (χ2v) is 5.37. The second kappa shape index (κ2) is 7.34. The number of nitrogens with one attached hydrogen (secondary N) is 1. The van der Waals surface area contributed by atoms with Crippen molar-refractivity contribution >= 4 is 0 Å². The van der Waals surface area contributed by atoms with Crippen molar-refractivity contribution in [3.63, 3.8) is 0 Å². The molecule has 0 bridgehead atoms. The molecule has 1 aliphatic carbocycles. The first-order valence-electron chi connectivity index (χ1n) is 6.89. The van der Waals surface area contributed by atoms with E-state index in [0.717, 1.165) is 32.6 Å². The second-order valence-electron chi connectivity index (χ2n) is 5.37. The van der Waals surface area contributed by atoms with Gasteiger partial charge in [-0.2, -0.15) is 13.2 Å². The van der Waals surface area contributed by atoms with Crippen molar-refractivity contribution in [2.24, 2.45) is 11.8 Å². The number of likely N-dealkylation sites (N-methyl/N-ethyl adjacent to an activating group) is 1. The Morgan fingerprint density at radius 1 is 1.28 bits per heavy atom. The van der Waals surface area contributed by atoms with Crippen molar-refractivity contribution in [1.82, 2.24) is 10.2 Å². The Hall–Kier alpha value is -0.290. The van der Waals surface area contributed by atoms with Gasteiger partial charge >= 0.3 is 6.18 Å². The highest BCUT2D eigenvalue weighted by atomic mass is 19.4. The van der Waals surface area contributed by atoms with Gasteiger partial charge in [0.05, 0.1) is 5.92 Å². The zero-order valence-corrected chi connectivity index (χ0v) is 11.4. The summed E-state index contributed by atoms with van der Waals surface area (Å²) in [6.45, 7) is 5.63. The molecule has 0 amide bonds. The Balaban J connectivity index is 2.18. The molecule has 2 unspecified atom stereocenters. The zero-order valence-electron chi connectivity index (χ0n) is 11.4. The van der Waals surface area contributed by atoms with E-state index in [1.54, 1.807) is 0 Å². The SMILES string of the molecule is CCN(C)CCNCC1CCCC(C(F)(F)F)C1. The predicted octanol–water partition coefficient (Wildman–Crippen LogP) is 2.90. The van der Waals surface area contributed by atoms with Gasteiger partial charge in [-0.1, -0.05) is 13.3 Å². The molecule has 1 fully saturated rings. The Morgan fingerprint density at radius 3 is 2.61 bits per heavy atom. The van der Waals surface area contributed by atoms with Crippen LogP contribution in [0.2, 0.25) is 0 Å². The first-order chi connectivity index (χ1) is 8.43. The molecule has 2 atom stereocenters. The van der Waals surface area contributed by atoms with Crippen molar-refractivity contribution in [2.45, 2.75) is 38.8 Å². The van der Waals surface area contributed by atoms with E-state index in [4.69, 9.17) is 0 Å². The summed E-state index contributed by atoms with van der Waals surface area (Å²) in [6, 6.07) is 0. The number of halogens is 3. The summed E-state index contributed by atoms with van der Waals surface area (Å²) in [5.74, 6) is -0.881. The highest BCUT2D eigenvalue weighted by Crippen LogP contribution is 2.39. The Morgan fingerprint density at radius 2 is 2.00 bits per heavy atom. The van der Waals surface area contributed by atoms with Gasteiger partial charge in [-0.15, -0.1) is 0 Å². The van der Waals surface area contributed by atoms with Crippen LogP contribution >= 0.6 is 0 Å². The summed E-state index contributed by atoms with van der Waals surface area (Å²) < 4.78 is 37.9. The maximum atomic E-state index is 12.6. The van der Waals surface area contributed by atoms with Gasteiger partial charge < -0.3 is 10.2 Å². The normalized spacial score (nSPS) is 25.7. The molecule has 1 rings (SSSR count). The third kappa shape index (κ3) is 5.57. The summed E-state index contributed by atoms with van der Waals surface area (Å²) in [5, 5.41) is 3.28. The molecular weight excluding hydrogens is 241 g/mol. The average molecular weight is 266 g/mol. The van der Waals surface area contributed by atoms with Gasteiger partial charge in [-0.25, -0.2) is 0 Å². The van der Waals surface area contributed by atoms with E-state index in [-0.39, 0.29) is 5.92 Å². The quantitative estimate of drug-likeness (QED) is 0.744.